The monoisotopic (exact) mass is 390 g/mol. The van der Waals surface area contributed by atoms with Crippen molar-refractivity contribution in [1.29, 1.82) is 0 Å². The summed E-state index contributed by atoms with van der Waals surface area (Å²) in [6, 6.07) is 20.2. The molecule has 0 aliphatic rings. The summed E-state index contributed by atoms with van der Waals surface area (Å²) in [6.07, 6.45) is 0.0628. The van der Waals surface area contributed by atoms with E-state index in [4.69, 9.17) is 0 Å². The lowest BCUT2D eigenvalue weighted by molar-refractivity contribution is 0.0696. The lowest BCUT2D eigenvalue weighted by Crippen LogP contribution is -2.13. The summed E-state index contributed by atoms with van der Waals surface area (Å²) < 4.78 is 13.1. The quantitative estimate of drug-likeness (QED) is 0.540. The van der Waals surface area contributed by atoms with Crippen molar-refractivity contribution in [2.24, 2.45) is 0 Å². The number of carbonyl (C=O) groups is 3. The van der Waals surface area contributed by atoms with E-state index in [1.54, 1.807) is 36.4 Å². The summed E-state index contributed by atoms with van der Waals surface area (Å²) in [4.78, 5) is 36.8. The zero-order valence-corrected chi connectivity index (χ0v) is 15.5. The molecule has 0 heterocycles. The van der Waals surface area contributed by atoms with E-state index in [1.165, 1.54) is 36.4 Å². The highest BCUT2D eigenvalue weighted by Gasteiger charge is 2.22. The average Bonchev–Trinajstić information content (AvgIpc) is 2.74. The molecule has 3 aromatic rings. The predicted octanol–water partition coefficient (Wildman–Crippen LogP) is 5.15. The summed E-state index contributed by atoms with van der Waals surface area (Å²) in [7, 11) is 0. The fourth-order valence-corrected chi connectivity index (χ4v) is 3.18. The molecule has 0 spiro atoms. The molecular formula is C24H19FO4. The summed E-state index contributed by atoms with van der Waals surface area (Å²) >= 11 is 0. The molecule has 29 heavy (non-hydrogen) atoms. The number of carboxylic acid groups (broad SMARTS) is 1. The van der Waals surface area contributed by atoms with E-state index in [9.17, 15) is 23.9 Å². The molecule has 1 unspecified atom stereocenters. The number of rotatable bonds is 8. The Balaban J connectivity index is 1.89. The van der Waals surface area contributed by atoms with Gasteiger partial charge in [-0.1, -0.05) is 42.5 Å². The molecule has 0 fully saturated rings. The highest BCUT2D eigenvalue weighted by Crippen LogP contribution is 2.28. The number of ketones is 2. The maximum absolute atomic E-state index is 13.1. The third kappa shape index (κ3) is 5.23. The fraction of sp³-hybridized carbons (Fsp3) is 0.125. The van der Waals surface area contributed by atoms with Crippen LogP contribution in [-0.2, 0) is 0 Å². The number of benzene rings is 3. The van der Waals surface area contributed by atoms with E-state index >= 15 is 0 Å². The van der Waals surface area contributed by atoms with Crippen LogP contribution in [-0.4, -0.2) is 22.6 Å². The van der Waals surface area contributed by atoms with Crippen molar-refractivity contribution in [3.05, 3.63) is 107 Å². The van der Waals surface area contributed by atoms with Gasteiger partial charge in [-0.15, -0.1) is 0 Å². The summed E-state index contributed by atoms with van der Waals surface area (Å²) in [6.45, 7) is 0. The highest BCUT2D eigenvalue weighted by atomic mass is 19.1. The molecule has 3 rings (SSSR count). The van der Waals surface area contributed by atoms with Crippen molar-refractivity contribution in [3.63, 3.8) is 0 Å². The van der Waals surface area contributed by atoms with Gasteiger partial charge >= 0.3 is 5.97 Å². The minimum absolute atomic E-state index is 0.00722. The van der Waals surface area contributed by atoms with Gasteiger partial charge in [0.2, 0.25) is 0 Å². The standard InChI is InChI=1S/C24H19FO4/c25-21-11-9-17(10-12-21)23(27)15-20(14-22(26)16-5-2-1-3-6-16)18-7-4-8-19(13-18)24(28)29/h1-13,20H,14-15H2,(H,28,29). The van der Waals surface area contributed by atoms with Crippen LogP contribution in [0.15, 0.2) is 78.9 Å². The first-order valence-corrected chi connectivity index (χ1v) is 9.14. The van der Waals surface area contributed by atoms with Gasteiger partial charge in [0.25, 0.3) is 0 Å². The lowest BCUT2D eigenvalue weighted by Gasteiger charge is -2.17. The van der Waals surface area contributed by atoms with Gasteiger partial charge in [0, 0.05) is 24.0 Å². The third-order valence-electron chi connectivity index (χ3n) is 4.73. The molecule has 0 amide bonds. The molecule has 3 aromatic carbocycles. The Bertz CT molecular complexity index is 1030. The summed E-state index contributed by atoms with van der Waals surface area (Å²) in [5, 5.41) is 9.27. The Morgan fingerprint density at radius 3 is 1.86 bits per heavy atom. The summed E-state index contributed by atoms with van der Waals surface area (Å²) in [5.41, 5.74) is 1.57. The first-order chi connectivity index (χ1) is 13.9. The first-order valence-electron chi connectivity index (χ1n) is 9.14. The molecule has 5 heteroatoms. The van der Waals surface area contributed by atoms with E-state index in [1.807, 2.05) is 6.07 Å². The van der Waals surface area contributed by atoms with Crippen LogP contribution in [0.3, 0.4) is 0 Å². The van der Waals surface area contributed by atoms with Gasteiger partial charge in [-0.05, 0) is 47.9 Å². The molecule has 146 valence electrons. The Hall–Kier alpha value is -3.60. The molecule has 0 radical (unpaired) electrons. The van der Waals surface area contributed by atoms with Crippen LogP contribution in [0.4, 0.5) is 4.39 Å². The number of aromatic carboxylic acids is 1. The normalized spacial score (nSPS) is 11.6. The third-order valence-corrected chi connectivity index (χ3v) is 4.73. The van der Waals surface area contributed by atoms with Crippen LogP contribution in [0.5, 0.6) is 0 Å². The second-order valence-electron chi connectivity index (χ2n) is 6.76. The molecule has 0 bridgehead atoms. The van der Waals surface area contributed by atoms with Gasteiger partial charge in [0.05, 0.1) is 5.56 Å². The fourth-order valence-electron chi connectivity index (χ4n) is 3.18. The average molecular weight is 390 g/mol. The largest absolute Gasteiger partial charge is 0.478 e. The topological polar surface area (TPSA) is 71.4 Å². The number of hydrogen-bond donors (Lipinski definition) is 1. The second-order valence-corrected chi connectivity index (χ2v) is 6.76. The Morgan fingerprint density at radius 2 is 1.28 bits per heavy atom. The molecule has 0 aliphatic heterocycles. The van der Waals surface area contributed by atoms with Crippen molar-refractivity contribution in [3.8, 4) is 0 Å². The van der Waals surface area contributed by atoms with Gasteiger partial charge in [0.15, 0.2) is 11.6 Å². The number of carboxylic acids is 1. The minimum Gasteiger partial charge on any atom is -0.478 e. The maximum atomic E-state index is 13.1. The van der Waals surface area contributed by atoms with E-state index < -0.39 is 17.7 Å². The van der Waals surface area contributed by atoms with Crippen molar-refractivity contribution >= 4 is 17.5 Å². The molecule has 1 N–H and O–H groups in total. The SMILES string of the molecule is O=C(O)c1cccc(C(CC(=O)c2ccccc2)CC(=O)c2ccc(F)cc2)c1. The van der Waals surface area contributed by atoms with Crippen LogP contribution < -0.4 is 0 Å². The van der Waals surface area contributed by atoms with Crippen molar-refractivity contribution < 1.29 is 23.9 Å². The van der Waals surface area contributed by atoms with E-state index in [-0.39, 0.29) is 30.0 Å². The van der Waals surface area contributed by atoms with Crippen LogP contribution in [0.25, 0.3) is 0 Å². The van der Waals surface area contributed by atoms with Gasteiger partial charge in [0.1, 0.15) is 5.82 Å². The number of carbonyl (C=O) groups excluding carboxylic acids is 2. The van der Waals surface area contributed by atoms with Crippen molar-refractivity contribution in [1.82, 2.24) is 0 Å². The molecule has 0 aliphatic carbocycles. The zero-order chi connectivity index (χ0) is 20.8. The van der Waals surface area contributed by atoms with Gasteiger partial charge in [-0.25, -0.2) is 9.18 Å². The van der Waals surface area contributed by atoms with Crippen molar-refractivity contribution in [2.75, 3.05) is 0 Å². The molecule has 0 saturated heterocycles. The Kier molecular flexibility index (Phi) is 6.29. The van der Waals surface area contributed by atoms with Crippen LogP contribution in [0, 0.1) is 5.82 Å². The smallest absolute Gasteiger partial charge is 0.335 e. The molecule has 1 atom stereocenters. The van der Waals surface area contributed by atoms with Crippen LogP contribution in [0.2, 0.25) is 0 Å². The zero-order valence-electron chi connectivity index (χ0n) is 15.5. The van der Waals surface area contributed by atoms with Gasteiger partial charge in [-0.3, -0.25) is 9.59 Å². The van der Waals surface area contributed by atoms with Crippen molar-refractivity contribution in [2.45, 2.75) is 18.8 Å². The maximum Gasteiger partial charge on any atom is 0.335 e. The molecular weight excluding hydrogens is 371 g/mol. The lowest BCUT2D eigenvalue weighted by atomic mass is 9.85. The van der Waals surface area contributed by atoms with E-state index in [0.717, 1.165) is 0 Å². The number of Topliss-reactive ketones (excluding diaryl/α,β-unsaturated/α-hetero) is 2. The van der Waals surface area contributed by atoms with Gasteiger partial charge in [-0.2, -0.15) is 0 Å². The van der Waals surface area contributed by atoms with E-state index in [2.05, 4.69) is 0 Å². The number of hydrogen-bond acceptors (Lipinski definition) is 3. The molecule has 0 aromatic heterocycles. The highest BCUT2D eigenvalue weighted by molar-refractivity contribution is 5.99. The first kappa shape index (κ1) is 20.1. The Labute approximate surface area is 167 Å². The van der Waals surface area contributed by atoms with Crippen LogP contribution >= 0.6 is 0 Å². The van der Waals surface area contributed by atoms with Crippen LogP contribution in [0.1, 0.15) is 55.4 Å². The minimum atomic E-state index is -1.08. The van der Waals surface area contributed by atoms with E-state index in [0.29, 0.717) is 16.7 Å². The number of halogens is 1. The second kappa shape index (κ2) is 9.06. The van der Waals surface area contributed by atoms with Gasteiger partial charge < -0.3 is 5.11 Å². The summed E-state index contributed by atoms with van der Waals surface area (Å²) in [5.74, 6) is -2.39. The Morgan fingerprint density at radius 1 is 0.724 bits per heavy atom. The molecule has 4 nitrogen and oxygen atoms in total. The predicted molar refractivity (Wildman–Crippen MR) is 107 cm³/mol. The molecule has 0 saturated carbocycles.